The van der Waals surface area contributed by atoms with E-state index in [1.807, 2.05) is 0 Å². The number of carbonyl (C=O) groups excluding carboxylic acids is 1. The molecule has 0 radical (unpaired) electrons. The van der Waals surface area contributed by atoms with Gasteiger partial charge in [-0.25, -0.2) is 0 Å². The van der Waals surface area contributed by atoms with Crippen molar-refractivity contribution in [3.63, 3.8) is 0 Å². The van der Waals surface area contributed by atoms with E-state index >= 15 is 0 Å². The normalized spacial score (nSPS) is 14.6. The van der Waals surface area contributed by atoms with Gasteiger partial charge in [-0.3, -0.25) is 9.48 Å². The van der Waals surface area contributed by atoms with E-state index in [1.54, 1.807) is 42.2 Å². The lowest BCUT2D eigenvalue weighted by Crippen LogP contribution is -2.24. The van der Waals surface area contributed by atoms with Crippen LogP contribution in [0.25, 0.3) is 0 Å². The molecule has 1 aliphatic rings. The van der Waals surface area contributed by atoms with Gasteiger partial charge in [0.1, 0.15) is 19.3 Å². The van der Waals surface area contributed by atoms with Crippen molar-refractivity contribution in [3.8, 4) is 11.5 Å². The first-order chi connectivity index (χ1) is 10.1. The lowest BCUT2D eigenvalue weighted by Gasteiger charge is -2.20. The summed E-state index contributed by atoms with van der Waals surface area (Å²) in [6, 6.07) is 4.64. The molecule has 0 bridgehead atoms. The van der Waals surface area contributed by atoms with Crippen LogP contribution in [0.1, 0.15) is 13.0 Å². The van der Waals surface area contributed by atoms with E-state index in [1.165, 1.54) is 0 Å². The fourth-order valence-electron chi connectivity index (χ4n) is 2.03. The molecule has 0 fully saturated rings. The Morgan fingerprint density at radius 1 is 1.38 bits per heavy atom. The molecule has 1 unspecified atom stereocenters. The Labute approximate surface area is 126 Å². The van der Waals surface area contributed by atoms with Gasteiger partial charge in [0.05, 0.1) is 10.7 Å². The number of rotatable bonds is 3. The van der Waals surface area contributed by atoms with Gasteiger partial charge in [-0.05, 0) is 13.0 Å². The van der Waals surface area contributed by atoms with Crippen LogP contribution in [-0.4, -0.2) is 28.9 Å². The summed E-state index contributed by atoms with van der Waals surface area (Å²) in [6.45, 7) is 2.73. The number of hydrogen-bond donors (Lipinski definition) is 1. The van der Waals surface area contributed by atoms with E-state index in [2.05, 4.69) is 10.4 Å². The minimum absolute atomic E-state index is 0.211. The molecule has 1 aromatic heterocycles. The predicted octanol–water partition coefficient (Wildman–Crippen LogP) is 2.51. The minimum Gasteiger partial charge on any atom is -0.486 e. The number of nitrogens with one attached hydrogen (secondary N) is 1. The molecule has 0 aliphatic carbocycles. The largest absolute Gasteiger partial charge is 0.486 e. The lowest BCUT2D eigenvalue weighted by molar-refractivity contribution is -0.119. The van der Waals surface area contributed by atoms with Crippen LogP contribution < -0.4 is 14.8 Å². The summed E-state index contributed by atoms with van der Waals surface area (Å²) in [5, 5.41) is 7.23. The maximum Gasteiger partial charge on any atom is 0.248 e. The molecule has 1 atom stereocenters. The highest BCUT2D eigenvalue weighted by molar-refractivity contribution is 6.34. The molecule has 21 heavy (non-hydrogen) atoms. The molecular weight excluding hydrogens is 294 g/mol. The summed E-state index contributed by atoms with van der Waals surface area (Å²) in [5.41, 5.74) is 0.491. The predicted molar refractivity (Wildman–Crippen MR) is 78.0 cm³/mol. The zero-order valence-corrected chi connectivity index (χ0v) is 12.1. The highest BCUT2D eigenvalue weighted by Crippen LogP contribution is 2.38. The molecule has 0 spiro atoms. The Kier molecular flexibility index (Phi) is 3.70. The van der Waals surface area contributed by atoms with Crippen molar-refractivity contribution in [2.45, 2.75) is 13.0 Å². The number of anilines is 1. The van der Waals surface area contributed by atoms with Gasteiger partial charge in [0.2, 0.25) is 5.91 Å². The molecule has 110 valence electrons. The van der Waals surface area contributed by atoms with Crippen molar-refractivity contribution in [2.75, 3.05) is 18.5 Å². The number of ether oxygens (including phenoxy) is 2. The second-order valence-electron chi connectivity index (χ2n) is 4.63. The molecular formula is C14H14ClN3O3. The average Bonchev–Trinajstić information content (AvgIpc) is 3.01. The topological polar surface area (TPSA) is 65.4 Å². The van der Waals surface area contributed by atoms with Gasteiger partial charge < -0.3 is 14.8 Å². The lowest BCUT2D eigenvalue weighted by atomic mass is 10.2. The van der Waals surface area contributed by atoms with Crippen molar-refractivity contribution in [1.29, 1.82) is 0 Å². The van der Waals surface area contributed by atoms with Crippen molar-refractivity contribution in [2.24, 2.45) is 0 Å². The molecule has 0 saturated heterocycles. The summed E-state index contributed by atoms with van der Waals surface area (Å²) in [4.78, 5) is 12.2. The van der Waals surface area contributed by atoms with Gasteiger partial charge in [0.25, 0.3) is 0 Å². The molecule has 0 saturated carbocycles. The van der Waals surface area contributed by atoms with Crippen LogP contribution >= 0.6 is 11.6 Å². The maximum atomic E-state index is 12.2. The van der Waals surface area contributed by atoms with Gasteiger partial charge in [0, 0.05) is 24.5 Å². The second-order valence-corrected chi connectivity index (χ2v) is 5.03. The van der Waals surface area contributed by atoms with Crippen molar-refractivity contribution in [1.82, 2.24) is 9.78 Å². The average molecular weight is 308 g/mol. The first-order valence-electron chi connectivity index (χ1n) is 6.54. The smallest absolute Gasteiger partial charge is 0.248 e. The summed E-state index contributed by atoms with van der Waals surface area (Å²) in [6.07, 6.45) is 3.36. The Morgan fingerprint density at radius 2 is 2.10 bits per heavy atom. The third-order valence-electron chi connectivity index (χ3n) is 3.19. The number of amides is 1. The number of carbonyl (C=O) groups is 1. The van der Waals surface area contributed by atoms with Gasteiger partial charge in [-0.1, -0.05) is 11.6 Å². The maximum absolute atomic E-state index is 12.2. The van der Waals surface area contributed by atoms with Crippen LogP contribution in [0, 0.1) is 0 Å². The first-order valence-corrected chi connectivity index (χ1v) is 6.92. The summed E-state index contributed by atoms with van der Waals surface area (Å²) < 4.78 is 12.5. The van der Waals surface area contributed by atoms with Crippen molar-refractivity contribution >= 4 is 23.2 Å². The van der Waals surface area contributed by atoms with Gasteiger partial charge in [-0.15, -0.1) is 0 Å². The number of halogens is 1. The van der Waals surface area contributed by atoms with E-state index in [-0.39, 0.29) is 5.91 Å². The van der Waals surface area contributed by atoms with Crippen LogP contribution in [0.15, 0.2) is 30.6 Å². The summed E-state index contributed by atoms with van der Waals surface area (Å²) >= 11 is 6.16. The Bertz CT molecular complexity index is 658. The van der Waals surface area contributed by atoms with Gasteiger partial charge in [-0.2, -0.15) is 5.10 Å². The van der Waals surface area contributed by atoms with Crippen LogP contribution in [0.2, 0.25) is 5.02 Å². The standard InChI is InChI=1S/C14H14ClN3O3/c1-9(18-4-2-3-16-18)14(19)17-11-8-13-12(7-10(11)15)20-5-6-21-13/h2-4,7-9H,5-6H2,1H3,(H,17,19). The van der Waals surface area contributed by atoms with Crippen LogP contribution in [-0.2, 0) is 4.79 Å². The quantitative estimate of drug-likeness (QED) is 0.946. The van der Waals surface area contributed by atoms with Gasteiger partial charge >= 0.3 is 0 Å². The van der Waals surface area contributed by atoms with Crippen LogP contribution in [0.5, 0.6) is 11.5 Å². The zero-order chi connectivity index (χ0) is 14.8. The van der Waals surface area contributed by atoms with E-state index in [0.717, 1.165) is 0 Å². The number of fused-ring (bicyclic) bond motifs is 1. The van der Waals surface area contributed by atoms with Gasteiger partial charge in [0.15, 0.2) is 11.5 Å². The van der Waals surface area contributed by atoms with Crippen molar-refractivity contribution < 1.29 is 14.3 Å². The summed E-state index contributed by atoms with van der Waals surface area (Å²) in [7, 11) is 0. The fraction of sp³-hybridized carbons (Fsp3) is 0.286. The molecule has 3 rings (SSSR count). The third kappa shape index (κ3) is 2.80. The third-order valence-corrected chi connectivity index (χ3v) is 3.50. The van der Waals surface area contributed by atoms with E-state index in [4.69, 9.17) is 21.1 Å². The van der Waals surface area contributed by atoms with Crippen LogP contribution in [0.3, 0.4) is 0 Å². The molecule has 2 heterocycles. The Morgan fingerprint density at radius 3 is 2.76 bits per heavy atom. The Balaban J connectivity index is 1.80. The number of benzene rings is 1. The Hall–Kier alpha value is -2.21. The van der Waals surface area contributed by atoms with E-state index < -0.39 is 6.04 Å². The second kappa shape index (κ2) is 5.65. The number of hydrogen-bond acceptors (Lipinski definition) is 4. The molecule has 1 aromatic carbocycles. The van der Waals surface area contributed by atoms with Crippen LogP contribution in [0.4, 0.5) is 5.69 Å². The first kappa shape index (κ1) is 13.8. The van der Waals surface area contributed by atoms with E-state index in [0.29, 0.717) is 35.4 Å². The number of nitrogens with zero attached hydrogens (tertiary/aromatic N) is 2. The fourth-order valence-corrected chi connectivity index (χ4v) is 2.23. The minimum atomic E-state index is -0.440. The number of aromatic nitrogens is 2. The highest BCUT2D eigenvalue weighted by atomic mass is 35.5. The van der Waals surface area contributed by atoms with Crippen molar-refractivity contribution in [3.05, 3.63) is 35.6 Å². The zero-order valence-electron chi connectivity index (χ0n) is 11.4. The monoisotopic (exact) mass is 307 g/mol. The van der Waals surface area contributed by atoms with E-state index in [9.17, 15) is 4.79 Å². The SMILES string of the molecule is CC(C(=O)Nc1cc2c(cc1Cl)OCCO2)n1cccn1. The molecule has 1 amide bonds. The molecule has 1 aliphatic heterocycles. The molecule has 2 aromatic rings. The molecule has 6 nitrogen and oxygen atoms in total. The highest BCUT2D eigenvalue weighted by Gasteiger charge is 2.19. The summed E-state index contributed by atoms with van der Waals surface area (Å²) in [5.74, 6) is 0.953. The molecule has 7 heteroatoms. The molecule has 1 N–H and O–H groups in total.